The Morgan fingerprint density at radius 2 is 1.94 bits per heavy atom. The fraction of sp³-hybridized carbons (Fsp3) is 0.150. The second-order valence-corrected chi connectivity index (χ2v) is 7.17. The Labute approximate surface area is 185 Å². The lowest BCUT2D eigenvalue weighted by Crippen LogP contribution is -2.19. The maximum Gasteiger partial charge on any atom is 0.320 e. The average molecular weight is 488 g/mol. The highest BCUT2D eigenvalue weighted by Gasteiger charge is 2.25. The Balaban J connectivity index is 1.74. The fourth-order valence-corrected chi connectivity index (χ4v) is 2.98. The van der Waals surface area contributed by atoms with Gasteiger partial charge in [0.25, 0.3) is 5.91 Å². The number of nitrogens with one attached hydrogen (secondary N) is 1. The Hall–Kier alpha value is -3.73. The van der Waals surface area contributed by atoms with Crippen molar-refractivity contribution < 1.29 is 19.2 Å². The van der Waals surface area contributed by atoms with Crippen molar-refractivity contribution in [2.75, 3.05) is 14.2 Å². The maximum absolute atomic E-state index is 12.4. The molecule has 0 aliphatic rings. The number of carbonyl (C=O) groups excluding carboxylic acids is 1. The zero-order valence-electron chi connectivity index (χ0n) is 16.6. The summed E-state index contributed by atoms with van der Waals surface area (Å²) in [5, 5.41) is 19.3. The first-order valence-corrected chi connectivity index (χ1v) is 9.72. The van der Waals surface area contributed by atoms with Gasteiger partial charge in [-0.15, -0.1) is 0 Å². The quantitative estimate of drug-likeness (QED) is 0.295. The molecule has 31 heavy (non-hydrogen) atoms. The summed E-state index contributed by atoms with van der Waals surface area (Å²) in [7, 11) is 3.03. The Morgan fingerprint density at radius 1 is 1.23 bits per heavy atom. The molecule has 0 aliphatic carbocycles. The highest BCUT2D eigenvalue weighted by Crippen LogP contribution is 2.26. The van der Waals surface area contributed by atoms with Crippen LogP contribution in [0.4, 0.5) is 5.69 Å². The van der Waals surface area contributed by atoms with E-state index in [2.05, 4.69) is 31.6 Å². The number of nitro groups is 1. The lowest BCUT2D eigenvalue weighted by molar-refractivity contribution is -0.385. The molecule has 0 unspecified atom stereocenters. The molecule has 3 rings (SSSR count). The Kier molecular flexibility index (Phi) is 6.98. The van der Waals surface area contributed by atoms with E-state index >= 15 is 0 Å². The lowest BCUT2D eigenvalue weighted by Gasteiger charge is -2.07. The van der Waals surface area contributed by atoms with Crippen LogP contribution in [0.5, 0.6) is 11.5 Å². The molecule has 0 radical (unpaired) electrons. The normalized spacial score (nSPS) is 10.8. The number of methoxy groups -OCH3 is 2. The summed E-state index contributed by atoms with van der Waals surface area (Å²) in [5.41, 5.74) is 3.04. The predicted molar refractivity (Wildman–Crippen MR) is 117 cm³/mol. The van der Waals surface area contributed by atoms with Gasteiger partial charge in [0.05, 0.1) is 31.9 Å². The molecule has 0 aliphatic heterocycles. The van der Waals surface area contributed by atoms with Crippen molar-refractivity contribution in [2.45, 2.75) is 6.54 Å². The van der Waals surface area contributed by atoms with Gasteiger partial charge in [0.1, 0.15) is 6.20 Å². The van der Waals surface area contributed by atoms with Gasteiger partial charge >= 0.3 is 5.69 Å². The molecule has 3 aromatic rings. The van der Waals surface area contributed by atoms with E-state index in [0.29, 0.717) is 17.1 Å². The van der Waals surface area contributed by atoms with Gasteiger partial charge in [0.2, 0.25) is 5.69 Å². The topological polar surface area (TPSA) is 121 Å². The average Bonchev–Trinajstić information content (AvgIpc) is 3.19. The van der Waals surface area contributed by atoms with Crippen LogP contribution in [0.1, 0.15) is 21.6 Å². The highest BCUT2D eigenvalue weighted by atomic mass is 79.9. The number of amides is 1. The van der Waals surface area contributed by atoms with Crippen molar-refractivity contribution in [1.82, 2.24) is 15.2 Å². The molecule has 2 aromatic carbocycles. The van der Waals surface area contributed by atoms with Crippen LogP contribution in [-0.2, 0) is 6.54 Å². The van der Waals surface area contributed by atoms with Gasteiger partial charge in [0.15, 0.2) is 11.5 Å². The van der Waals surface area contributed by atoms with Gasteiger partial charge in [-0.05, 0) is 41.5 Å². The molecular weight excluding hydrogens is 470 g/mol. The van der Waals surface area contributed by atoms with Crippen LogP contribution in [0.25, 0.3) is 0 Å². The minimum absolute atomic E-state index is 0.274. The third kappa shape index (κ3) is 5.45. The van der Waals surface area contributed by atoms with E-state index in [4.69, 9.17) is 9.47 Å². The first kappa shape index (κ1) is 22.0. The second kappa shape index (κ2) is 9.85. The maximum atomic E-state index is 12.4. The first-order valence-electron chi connectivity index (χ1n) is 8.93. The van der Waals surface area contributed by atoms with Crippen LogP contribution < -0.4 is 14.9 Å². The molecular formula is C20H18BrN5O5. The summed E-state index contributed by atoms with van der Waals surface area (Å²) in [5.74, 6) is 0.258. The summed E-state index contributed by atoms with van der Waals surface area (Å²) in [6, 6.07) is 12.5. The van der Waals surface area contributed by atoms with Gasteiger partial charge in [-0.25, -0.2) is 5.43 Å². The SMILES string of the molecule is COc1ccc(C=NNC(=O)c2nn(Cc3ccc(Br)cc3)cc2[N+](=O)[O-])cc1OC. The zero-order chi connectivity index (χ0) is 22.4. The molecule has 160 valence electrons. The second-order valence-electron chi connectivity index (χ2n) is 6.26. The van der Waals surface area contributed by atoms with E-state index in [9.17, 15) is 14.9 Å². The van der Waals surface area contributed by atoms with Gasteiger partial charge in [-0.2, -0.15) is 10.2 Å². The minimum atomic E-state index is -0.794. The van der Waals surface area contributed by atoms with E-state index in [1.807, 2.05) is 24.3 Å². The van der Waals surface area contributed by atoms with Crippen molar-refractivity contribution in [1.29, 1.82) is 0 Å². The van der Waals surface area contributed by atoms with E-state index in [1.165, 1.54) is 31.3 Å². The van der Waals surface area contributed by atoms with Gasteiger partial charge in [-0.1, -0.05) is 28.1 Å². The van der Waals surface area contributed by atoms with Gasteiger partial charge in [-0.3, -0.25) is 19.6 Å². The summed E-state index contributed by atoms with van der Waals surface area (Å²) in [4.78, 5) is 23.1. The zero-order valence-corrected chi connectivity index (χ0v) is 18.2. The van der Waals surface area contributed by atoms with Crippen molar-refractivity contribution in [3.05, 3.63) is 80.1 Å². The number of hydrazone groups is 1. The molecule has 0 atom stereocenters. The molecule has 1 aromatic heterocycles. The molecule has 11 heteroatoms. The number of ether oxygens (including phenoxy) is 2. The summed E-state index contributed by atoms with van der Waals surface area (Å²) < 4.78 is 12.6. The monoisotopic (exact) mass is 487 g/mol. The van der Waals surface area contributed by atoms with Crippen molar-refractivity contribution >= 4 is 33.7 Å². The molecule has 0 fully saturated rings. The number of aromatic nitrogens is 2. The minimum Gasteiger partial charge on any atom is -0.493 e. The Bertz CT molecular complexity index is 1130. The summed E-state index contributed by atoms with van der Waals surface area (Å²) >= 11 is 3.35. The van der Waals surface area contributed by atoms with Crippen LogP contribution in [0.2, 0.25) is 0 Å². The third-order valence-corrected chi connectivity index (χ3v) is 4.73. The van der Waals surface area contributed by atoms with Crippen LogP contribution >= 0.6 is 15.9 Å². The summed E-state index contributed by atoms with van der Waals surface area (Å²) in [6.45, 7) is 0.274. The van der Waals surface area contributed by atoms with Gasteiger partial charge in [0, 0.05) is 4.47 Å². The van der Waals surface area contributed by atoms with E-state index in [0.717, 1.165) is 10.0 Å². The number of hydrogen-bond donors (Lipinski definition) is 1. The van der Waals surface area contributed by atoms with E-state index in [1.54, 1.807) is 18.2 Å². The fourth-order valence-electron chi connectivity index (χ4n) is 2.72. The standard InChI is InChI=1S/C20H18BrN5O5/c1-30-17-8-5-14(9-18(17)31-2)10-22-23-20(27)19-16(26(28)29)12-25(24-19)11-13-3-6-15(21)7-4-13/h3-10,12H,11H2,1-2H3,(H,23,27). The number of benzene rings is 2. The van der Waals surface area contributed by atoms with E-state index < -0.39 is 16.5 Å². The number of halogens is 1. The number of nitrogens with zero attached hydrogens (tertiary/aromatic N) is 4. The van der Waals surface area contributed by atoms with Crippen LogP contribution in [0.15, 0.2) is 58.2 Å². The smallest absolute Gasteiger partial charge is 0.320 e. The van der Waals surface area contributed by atoms with Crippen molar-refractivity contribution in [3.63, 3.8) is 0 Å². The molecule has 10 nitrogen and oxygen atoms in total. The molecule has 1 N–H and O–H groups in total. The number of carbonyl (C=O) groups is 1. The number of hydrogen-bond acceptors (Lipinski definition) is 7. The molecule has 1 amide bonds. The molecule has 0 saturated heterocycles. The molecule has 0 bridgehead atoms. The molecule has 0 spiro atoms. The molecule has 1 heterocycles. The molecule has 0 saturated carbocycles. The van der Waals surface area contributed by atoms with Crippen LogP contribution in [0, 0.1) is 10.1 Å². The predicted octanol–water partition coefficient (Wildman–Crippen LogP) is 3.38. The van der Waals surface area contributed by atoms with Crippen molar-refractivity contribution in [2.24, 2.45) is 5.10 Å². The van der Waals surface area contributed by atoms with E-state index in [-0.39, 0.29) is 12.2 Å². The lowest BCUT2D eigenvalue weighted by atomic mass is 10.2. The summed E-state index contributed by atoms with van der Waals surface area (Å²) in [6.07, 6.45) is 2.60. The highest BCUT2D eigenvalue weighted by molar-refractivity contribution is 9.10. The van der Waals surface area contributed by atoms with Crippen LogP contribution in [-0.4, -0.2) is 41.0 Å². The van der Waals surface area contributed by atoms with Gasteiger partial charge < -0.3 is 9.47 Å². The first-order chi connectivity index (χ1) is 14.9. The number of rotatable bonds is 8. The third-order valence-electron chi connectivity index (χ3n) is 4.20. The van der Waals surface area contributed by atoms with Crippen molar-refractivity contribution in [3.8, 4) is 11.5 Å². The largest absolute Gasteiger partial charge is 0.493 e. The van der Waals surface area contributed by atoms with Crippen LogP contribution in [0.3, 0.4) is 0 Å². The Morgan fingerprint density at radius 3 is 2.58 bits per heavy atom.